The molecular formula is C19H14N4O3. The van der Waals surface area contributed by atoms with E-state index in [-0.39, 0.29) is 12.5 Å². The normalized spacial score (nSPS) is 10.6. The van der Waals surface area contributed by atoms with Crippen LogP contribution in [0.15, 0.2) is 71.7 Å². The van der Waals surface area contributed by atoms with Gasteiger partial charge in [-0.2, -0.15) is 0 Å². The van der Waals surface area contributed by atoms with Gasteiger partial charge in [0.05, 0.1) is 5.56 Å². The maximum Gasteiger partial charge on any atom is 0.262 e. The summed E-state index contributed by atoms with van der Waals surface area (Å²) in [5, 5.41) is 2.78. The van der Waals surface area contributed by atoms with E-state index in [2.05, 4.69) is 20.3 Å². The Morgan fingerprint density at radius 1 is 1.08 bits per heavy atom. The molecule has 0 fully saturated rings. The molecule has 7 nitrogen and oxygen atoms in total. The molecule has 4 aromatic rings. The first-order valence-electron chi connectivity index (χ1n) is 7.91. The zero-order valence-electron chi connectivity index (χ0n) is 13.6. The fourth-order valence-corrected chi connectivity index (χ4v) is 2.40. The Morgan fingerprint density at radius 3 is 2.69 bits per heavy atom. The number of amides is 1. The Labute approximate surface area is 148 Å². The standard InChI is InChI=1S/C19H14N4O3/c24-18(11-25-15-4-2-1-3-5-15)22-14-6-7-17-16(8-14)23-19(26-17)13-9-20-12-21-10-13/h1-10,12H,11H2,(H,22,24). The van der Waals surface area contributed by atoms with Crippen molar-refractivity contribution in [3.05, 3.63) is 67.3 Å². The van der Waals surface area contributed by atoms with Gasteiger partial charge >= 0.3 is 0 Å². The van der Waals surface area contributed by atoms with E-state index in [0.717, 1.165) is 0 Å². The highest BCUT2D eigenvalue weighted by atomic mass is 16.5. The lowest BCUT2D eigenvalue weighted by atomic mass is 10.3. The Bertz CT molecular complexity index is 1030. The third-order valence-electron chi connectivity index (χ3n) is 3.59. The molecule has 1 N–H and O–H groups in total. The van der Waals surface area contributed by atoms with Crippen molar-refractivity contribution in [1.82, 2.24) is 15.0 Å². The van der Waals surface area contributed by atoms with E-state index in [4.69, 9.17) is 9.15 Å². The number of nitrogens with zero attached hydrogens (tertiary/aromatic N) is 3. The molecule has 4 rings (SSSR count). The Kier molecular flexibility index (Phi) is 4.26. The Hall–Kier alpha value is -3.74. The highest BCUT2D eigenvalue weighted by Crippen LogP contribution is 2.25. The highest BCUT2D eigenvalue weighted by Gasteiger charge is 2.10. The van der Waals surface area contributed by atoms with Crippen LogP contribution < -0.4 is 10.1 Å². The highest BCUT2D eigenvalue weighted by molar-refractivity contribution is 5.94. The predicted octanol–water partition coefficient (Wildman–Crippen LogP) is 3.30. The van der Waals surface area contributed by atoms with Crippen LogP contribution >= 0.6 is 0 Å². The van der Waals surface area contributed by atoms with Gasteiger partial charge < -0.3 is 14.5 Å². The molecule has 2 aromatic heterocycles. The first kappa shape index (κ1) is 15.8. The smallest absolute Gasteiger partial charge is 0.262 e. The van der Waals surface area contributed by atoms with Crippen molar-refractivity contribution in [2.75, 3.05) is 11.9 Å². The van der Waals surface area contributed by atoms with Crippen LogP contribution in [0.4, 0.5) is 5.69 Å². The number of anilines is 1. The van der Waals surface area contributed by atoms with E-state index < -0.39 is 0 Å². The summed E-state index contributed by atoms with van der Waals surface area (Å²) in [7, 11) is 0. The molecule has 7 heteroatoms. The van der Waals surface area contributed by atoms with E-state index in [9.17, 15) is 4.79 Å². The lowest BCUT2D eigenvalue weighted by Gasteiger charge is -2.07. The zero-order chi connectivity index (χ0) is 17.8. The second kappa shape index (κ2) is 7.02. The lowest BCUT2D eigenvalue weighted by molar-refractivity contribution is -0.118. The topological polar surface area (TPSA) is 90.1 Å². The van der Waals surface area contributed by atoms with Gasteiger partial charge in [0.2, 0.25) is 5.89 Å². The van der Waals surface area contributed by atoms with Crippen LogP contribution in [-0.2, 0) is 4.79 Å². The molecule has 0 spiro atoms. The maximum absolute atomic E-state index is 12.1. The van der Waals surface area contributed by atoms with Crippen LogP contribution in [0.25, 0.3) is 22.6 Å². The molecule has 1 amide bonds. The van der Waals surface area contributed by atoms with Crippen molar-refractivity contribution in [2.45, 2.75) is 0 Å². The predicted molar refractivity (Wildman–Crippen MR) is 95.6 cm³/mol. The van der Waals surface area contributed by atoms with Crippen LogP contribution in [0.2, 0.25) is 0 Å². The fourth-order valence-electron chi connectivity index (χ4n) is 2.40. The number of aromatic nitrogens is 3. The van der Waals surface area contributed by atoms with Crippen LogP contribution in [0, 0.1) is 0 Å². The van der Waals surface area contributed by atoms with Crippen molar-refractivity contribution < 1.29 is 13.9 Å². The molecule has 0 aliphatic heterocycles. The van der Waals surface area contributed by atoms with Crippen LogP contribution in [-0.4, -0.2) is 27.5 Å². The molecule has 0 aliphatic rings. The number of ether oxygens (including phenoxy) is 1. The average Bonchev–Trinajstić information content (AvgIpc) is 3.11. The zero-order valence-corrected chi connectivity index (χ0v) is 13.6. The number of nitrogens with one attached hydrogen (secondary N) is 1. The Balaban J connectivity index is 1.46. The SMILES string of the molecule is O=C(COc1ccccc1)Nc1ccc2oc(-c3cncnc3)nc2c1. The summed E-state index contributed by atoms with van der Waals surface area (Å²) in [5.41, 5.74) is 2.54. The first-order chi connectivity index (χ1) is 12.8. The molecular weight excluding hydrogens is 332 g/mol. The van der Waals surface area contributed by atoms with Gasteiger partial charge in [0, 0.05) is 18.1 Å². The van der Waals surface area contributed by atoms with Gasteiger partial charge in [0.15, 0.2) is 12.2 Å². The van der Waals surface area contributed by atoms with Gasteiger partial charge in [0.1, 0.15) is 17.6 Å². The first-order valence-corrected chi connectivity index (χ1v) is 7.91. The Morgan fingerprint density at radius 2 is 1.88 bits per heavy atom. The summed E-state index contributed by atoms with van der Waals surface area (Å²) in [6.45, 7) is -0.0759. The maximum atomic E-state index is 12.1. The van der Waals surface area contributed by atoms with E-state index in [1.54, 1.807) is 42.7 Å². The molecule has 128 valence electrons. The number of para-hydroxylation sites is 1. The van der Waals surface area contributed by atoms with E-state index in [1.165, 1.54) is 6.33 Å². The minimum Gasteiger partial charge on any atom is -0.484 e. The van der Waals surface area contributed by atoms with E-state index >= 15 is 0 Å². The molecule has 0 saturated heterocycles. The monoisotopic (exact) mass is 346 g/mol. The number of hydrogen-bond donors (Lipinski definition) is 1. The van der Waals surface area contributed by atoms with Crippen molar-refractivity contribution in [3.63, 3.8) is 0 Å². The number of rotatable bonds is 5. The fraction of sp³-hybridized carbons (Fsp3) is 0.0526. The van der Waals surface area contributed by atoms with Crippen LogP contribution in [0.3, 0.4) is 0 Å². The number of hydrogen-bond acceptors (Lipinski definition) is 6. The quantitative estimate of drug-likeness (QED) is 0.596. The number of fused-ring (bicyclic) bond motifs is 1. The molecule has 0 radical (unpaired) electrons. The number of carbonyl (C=O) groups is 1. The van der Waals surface area contributed by atoms with Crippen molar-refractivity contribution in [3.8, 4) is 17.2 Å². The average molecular weight is 346 g/mol. The minimum atomic E-state index is -0.256. The molecule has 26 heavy (non-hydrogen) atoms. The van der Waals surface area contributed by atoms with Gasteiger partial charge in [-0.1, -0.05) is 18.2 Å². The number of oxazole rings is 1. The van der Waals surface area contributed by atoms with Crippen LogP contribution in [0.5, 0.6) is 5.75 Å². The third kappa shape index (κ3) is 3.51. The summed E-state index contributed by atoms with van der Waals surface area (Å²) >= 11 is 0. The number of benzene rings is 2. The number of carbonyl (C=O) groups excluding carboxylic acids is 1. The van der Waals surface area contributed by atoms with Gasteiger partial charge in [-0.25, -0.2) is 15.0 Å². The molecule has 0 atom stereocenters. The summed E-state index contributed by atoms with van der Waals surface area (Å²) in [6, 6.07) is 14.4. The molecule has 2 aromatic carbocycles. The molecule has 0 aliphatic carbocycles. The van der Waals surface area contributed by atoms with Crippen molar-refractivity contribution >= 4 is 22.7 Å². The molecule has 0 bridgehead atoms. The summed E-state index contributed by atoms with van der Waals surface area (Å²) in [5.74, 6) is 0.814. The van der Waals surface area contributed by atoms with Gasteiger partial charge in [-0.3, -0.25) is 4.79 Å². The largest absolute Gasteiger partial charge is 0.484 e. The van der Waals surface area contributed by atoms with Crippen LogP contribution in [0.1, 0.15) is 0 Å². The second-order valence-electron chi connectivity index (χ2n) is 5.48. The summed E-state index contributed by atoms with van der Waals surface area (Å²) in [6.07, 6.45) is 4.69. The second-order valence-corrected chi connectivity index (χ2v) is 5.48. The van der Waals surface area contributed by atoms with E-state index in [1.807, 2.05) is 18.2 Å². The molecule has 0 saturated carbocycles. The minimum absolute atomic E-state index is 0.0759. The van der Waals surface area contributed by atoms with E-state index in [0.29, 0.717) is 34.0 Å². The lowest BCUT2D eigenvalue weighted by Crippen LogP contribution is -2.20. The van der Waals surface area contributed by atoms with Gasteiger partial charge in [-0.15, -0.1) is 0 Å². The summed E-state index contributed by atoms with van der Waals surface area (Å²) < 4.78 is 11.1. The third-order valence-corrected chi connectivity index (χ3v) is 3.59. The molecule has 0 unspecified atom stereocenters. The molecule has 2 heterocycles. The van der Waals surface area contributed by atoms with Crippen molar-refractivity contribution in [1.29, 1.82) is 0 Å². The van der Waals surface area contributed by atoms with Gasteiger partial charge in [-0.05, 0) is 30.3 Å². The van der Waals surface area contributed by atoms with Gasteiger partial charge in [0.25, 0.3) is 5.91 Å². The summed E-state index contributed by atoms with van der Waals surface area (Å²) in [4.78, 5) is 24.4. The van der Waals surface area contributed by atoms with Crippen molar-refractivity contribution in [2.24, 2.45) is 0 Å².